The van der Waals surface area contributed by atoms with E-state index >= 15 is 0 Å². The number of ether oxygens (including phenoxy) is 3. The molecule has 0 aromatic rings. The number of hydrogen-bond donors (Lipinski definition) is 6. The van der Waals surface area contributed by atoms with E-state index in [-0.39, 0.29) is 18.5 Å². The number of amides is 1. The smallest absolute Gasteiger partial charge is 0.305 e. The summed E-state index contributed by atoms with van der Waals surface area (Å²) in [5.41, 5.74) is 0. The van der Waals surface area contributed by atoms with E-state index in [0.717, 1.165) is 83.5 Å². The van der Waals surface area contributed by atoms with Crippen LogP contribution in [0.15, 0.2) is 48.6 Å². The minimum atomic E-state index is -1.57. The Kier molecular flexibility index (Phi) is 53.3. The third-order valence-electron chi connectivity index (χ3n) is 15.4. The number of carbonyl (C=O) groups excluding carboxylic acids is 2. The van der Waals surface area contributed by atoms with Gasteiger partial charge in [-0.3, -0.25) is 9.59 Å². The molecular formula is C67H123NO10. The van der Waals surface area contributed by atoms with Crippen molar-refractivity contribution in [2.75, 3.05) is 19.8 Å². The minimum Gasteiger partial charge on any atom is -0.466 e. The molecule has 1 heterocycles. The Labute approximate surface area is 478 Å². The number of hydrogen-bond acceptors (Lipinski definition) is 10. The molecule has 1 rings (SSSR count). The van der Waals surface area contributed by atoms with Crippen LogP contribution in [0.25, 0.3) is 0 Å². The van der Waals surface area contributed by atoms with Gasteiger partial charge in [0.05, 0.1) is 32.0 Å². The molecule has 1 aliphatic rings. The standard InChI is InChI=1S/C67H123NO10/c1-3-5-7-9-11-13-14-15-16-17-22-26-29-32-35-39-43-47-51-55-63(72)76-56-52-48-44-40-36-33-30-27-24-21-19-18-20-23-25-28-31-34-38-42-46-50-54-62(71)68-59(60(70)53-49-45-41-37-12-10-8-6-4-2)58-77-67-66(75)65(74)64(73)61(57-69)78-67/h11,13,15-16,20,23,49,53,59-61,64-67,69-70,73-75H,3-10,12,14,17-19,21-22,24-48,50-52,54-58H2,1-2H3,(H,68,71)/b13-11-,16-15-,23-20-,53-49+. The fourth-order valence-electron chi connectivity index (χ4n) is 10.2. The maximum Gasteiger partial charge on any atom is 0.305 e. The average molecular weight is 1100 g/mol. The molecule has 11 heteroatoms. The molecule has 7 unspecified atom stereocenters. The first-order chi connectivity index (χ1) is 38.2. The predicted octanol–water partition coefficient (Wildman–Crippen LogP) is 16.0. The van der Waals surface area contributed by atoms with Gasteiger partial charge in [-0.15, -0.1) is 0 Å². The number of aliphatic hydroxyl groups excluding tert-OH is 5. The maximum absolute atomic E-state index is 13.0. The summed E-state index contributed by atoms with van der Waals surface area (Å²) in [5.74, 6) is -0.197. The van der Waals surface area contributed by atoms with E-state index in [0.29, 0.717) is 19.4 Å². The Bertz CT molecular complexity index is 1430. The fraction of sp³-hybridized carbons (Fsp3) is 0.851. The molecule has 0 saturated carbocycles. The number of nitrogens with one attached hydrogen (secondary N) is 1. The second-order valence-electron chi connectivity index (χ2n) is 22.8. The van der Waals surface area contributed by atoms with Crippen LogP contribution in [0, 0.1) is 0 Å². The van der Waals surface area contributed by atoms with E-state index in [4.69, 9.17) is 14.2 Å². The van der Waals surface area contributed by atoms with Crippen LogP contribution in [0.1, 0.15) is 303 Å². The van der Waals surface area contributed by atoms with E-state index in [1.807, 2.05) is 6.08 Å². The highest BCUT2D eigenvalue weighted by Crippen LogP contribution is 2.23. The molecular weight excluding hydrogens is 979 g/mol. The van der Waals surface area contributed by atoms with E-state index in [9.17, 15) is 35.1 Å². The lowest BCUT2D eigenvalue weighted by atomic mass is 9.99. The van der Waals surface area contributed by atoms with Crippen molar-refractivity contribution in [2.45, 2.75) is 346 Å². The van der Waals surface area contributed by atoms with E-state index in [2.05, 4.69) is 55.6 Å². The van der Waals surface area contributed by atoms with Gasteiger partial charge in [-0.2, -0.15) is 0 Å². The molecule has 1 amide bonds. The molecule has 0 spiro atoms. The fourth-order valence-corrected chi connectivity index (χ4v) is 10.2. The van der Waals surface area contributed by atoms with Crippen LogP contribution in [0.2, 0.25) is 0 Å². The van der Waals surface area contributed by atoms with Gasteiger partial charge in [0, 0.05) is 12.8 Å². The molecule has 11 nitrogen and oxygen atoms in total. The third-order valence-corrected chi connectivity index (χ3v) is 15.4. The lowest BCUT2D eigenvalue weighted by molar-refractivity contribution is -0.302. The zero-order valence-corrected chi connectivity index (χ0v) is 50.4. The van der Waals surface area contributed by atoms with Gasteiger partial charge in [-0.25, -0.2) is 0 Å². The normalized spacial score (nSPS) is 18.8. The van der Waals surface area contributed by atoms with Gasteiger partial charge in [-0.05, 0) is 89.9 Å². The number of allylic oxidation sites excluding steroid dienone is 7. The van der Waals surface area contributed by atoms with Gasteiger partial charge in [0.15, 0.2) is 6.29 Å². The first-order valence-corrected chi connectivity index (χ1v) is 32.9. The topological polar surface area (TPSA) is 175 Å². The lowest BCUT2D eigenvalue weighted by Gasteiger charge is -2.40. The summed E-state index contributed by atoms with van der Waals surface area (Å²) < 4.78 is 16.7. The summed E-state index contributed by atoms with van der Waals surface area (Å²) in [6.07, 6.45) is 62.3. The van der Waals surface area contributed by atoms with Crippen LogP contribution < -0.4 is 5.32 Å². The minimum absolute atomic E-state index is 0.00652. The van der Waals surface area contributed by atoms with Crippen molar-refractivity contribution in [3.8, 4) is 0 Å². The van der Waals surface area contributed by atoms with Crippen LogP contribution in [0.4, 0.5) is 0 Å². The number of carbonyl (C=O) groups is 2. The molecule has 456 valence electrons. The quantitative estimate of drug-likeness (QED) is 0.0195. The molecule has 1 aliphatic heterocycles. The molecule has 0 radical (unpaired) electrons. The summed E-state index contributed by atoms with van der Waals surface area (Å²) >= 11 is 0. The first-order valence-electron chi connectivity index (χ1n) is 32.9. The zero-order valence-electron chi connectivity index (χ0n) is 50.4. The Balaban J connectivity index is 1.96. The predicted molar refractivity (Wildman–Crippen MR) is 324 cm³/mol. The summed E-state index contributed by atoms with van der Waals surface area (Å²) in [7, 11) is 0. The molecule has 1 saturated heterocycles. The van der Waals surface area contributed by atoms with Crippen molar-refractivity contribution in [1.29, 1.82) is 0 Å². The van der Waals surface area contributed by atoms with Crippen LogP contribution >= 0.6 is 0 Å². The highest BCUT2D eigenvalue weighted by Gasteiger charge is 2.44. The number of esters is 1. The SMILES string of the molecule is CCCCC/C=C\C/C=C\CCCCCCCCCCCC(=O)OCCCCCCCCCCCCC/C=C\CCCCCCCCCC(=O)NC(COC1OC(CO)C(O)C(O)C1O)C(O)/C=C/CCCCCCCCC. The summed E-state index contributed by atoms with van der Waals surface area (Å²) in [5, 5.41) is 54.2. The Morgan fingerprint density at radius 1 is 0.474 bits per heavy atom. The molecule has 0 aromatic carbocycles. The van der Waals surface area contributed by atoms with Crippen molar-refractivity contribution in [3.63, 3.8) is 0 Å². The van der Waals surface area contributed by atoms with E-state index < -0.39 is 49.5 Å². The van der Waals surface area contributed by atoms with Crippen molar-refractivity contribution in [2.24, 2.45) is 0 Å². The molecule has 6 N–H and O–H groups in total. The van der Waals surface area contributed by atoms with E-state index in [1.165, 1.54) is 193 Å². The Morgan fingerprint density at radius 2 is 0.859 bits per heavy atom. The second-order valence-corrected chi connectivity index (χ2v) is 22.8. The van der Waals surface area contributed by atoms with Gasteiger partial charge in [0.1, 0.15) is 24.4 Å². The Morgan fingerprint density at radius 3 is 1.33 bits per heavy atom. The average Bonchev–Trinajstić information content (AvgIpc) is 3.43. The molecule has 0 bridgehead atoms. The largest absolute Gasteiger partial charge is 0.466 e. The Hall–Kier alpha value is -2.38. The summed E-state index contributed by atoms with van der Waals surface area (Å²) in [4.78, 5) is 25.1. The second kappa shape index (κ2) is 56.5. The lowest BCUT2D eigenvalue weighted by Crippen LogP contribution is -2.60. The number of rotatable bonds is 57. The molecule has 78 heavy (non-hydrogen) atoms. The van der Waals surface area contributed by atoms with Crippen molar-refractivity contribution >= 4 is 11.9 Å². The van der Waals surface area contributed by atoms with Crippen LogP contribution in [0.5, 0.6) is 0 Å². The number of aliphatic hydroxyl groups is 5. The van der Waals surface area contributed by atoms with Crippen LogP contribution in [-0.4, -0.2) is 100 Å². The zero-order chi connectivity index (χ0) is 56.6. The van der Waals surface area contributed by atoms with Gasteiger partial charge >= 0.3 is 5.97 Å². The maximum atomic E-state index is 13.0. The van der Waals surface area contributed by atoms with Crippen molar-refractivity contribution in [3.05, 3.63) is 48.6 Å². The molecule has 1 fully saturated rings. The van der Waals surface area contributed by atoms with Gasteiger partial charge in [0.25, 0.3) is 0 Å². The highest BCUT2D eigenvalue weighted by atomic mass is 16.7. The monoisotopic (exact) mass is 1100 g/mol. The summed E-state index contributed by atoms with van der Waals surface area (Å²) in [6.45, 7) is 4.29. The third kappa shape index (κ3) is 45.3. The first kappa shape index (κ1) is 73.6. The highest BCUT2D eigenvalue weighted by molar-refractivity contribution is 5.76. The summed E-state index contributed by atoms with van der Waals surface area (Å²) in [6, 6.07) is -0.814. The van der Waals surface area contributed by atoms with Crippen molar-refractivity contribution < 1.29 is 49.3 Å². The van der Waals surface area contributed by atoms with Gasteiger partial charge in [0.2, 0.25) is 5.91 Å². The van der Waals surface area contributed by atoms with Gasteiger partial charge in [-0.1, -0.05) is 249 Å². The number of unbranched alkanes of at least 4 members (excludes halogenated alkanes) is 37. The van der Waals surface area contributed by atoms with Crippen LogP contribution in [-0.2, 0) is 23.8 Å². The van der Waals surface area contributed by atoms with E-state index in [1.54, 1.807) is 6.08 Å². The van der Waals surface area contributed by atoms with Gasteiger partial charge < -0.3 is 45.1 Å². The van der Waals surface area contributed by atoms with Crippen molar-refractivity contribution in [1.82, 2.24) is 5.32 Å². The van der Waals surface area contributed by atoms with Crippen LogP contribution in [0.3, 0.4) is 0 Å². The molecule has 7 atom stereocenters. The molecule has 0 aromatic heterocycles. The molecule has 0 aliphatic carbocycles.